The number of carbonyl (C=O) groups excluding carboxylic acids is 1. The normalized spacial score (nSPS) is 10.4. The fraction of sp³-hybridized carbons (Fsp3) is 0.136. The number of nitro benzene ring substituents is 1. The summed E-state index contributed by atoms with van der Waals surface area (Å²) in [6.45, 7) is -0.236. The van der Waals surface area contributed by atoms with Crippen LogP contribution in [0.2, 0.25) is 0 Å². The average Bonchev–Trinajstić information content (AvgIpc) is 2.73. The largest absolute Gasteiger partial charge is 0.483 e. The van der Waals surface area contributed by atoms with Gasteiger partial charge in [0.1, 0.15) is 11.6 Å². The molecule has 3 rings (SSSR count). The molecule has 0 fully saturated rings. The van der Waals surface area contributed by atoms with E-state index in [1.807, 2.05) is 30.3 Å². The number of benzene rings is 3. The van der Waals surface area contributed by atoms with Gasteiger partial charge in [-0.05, 0) is 17.7 Å². The van der Waals surface area contributed by atoms with Crippen molar-refractivity contribution in [2.75, 3.05) is 6.61 Å². The van der Waals surface area contributed by atoms with E-state index in [0.29, 0.717) is 23.3 Å². The molecule has 0 heterocycles. The lowest BCUT2D eigenvalue weighted by atomic mass is 10.0. The Morgan fingerprint density at radius 1 is 1.00 bits per heavy atom. The predicted molar refractivity (Wildman–Crippen MR) is 106 cm³/mol. The van der Waals surface area contributed by atoms with Crippen LogP contribution in [-0.2, 0) is 17.8 Å². The molecule has 0 atom stereocenters. The predicted octanol–water partition coefficient (Wildman–Crippen LogP) is 4.02. The van der Waals surface area contributed by atoms with Crippen molar-refractivity contribution in [3.63, 3.8) is 0 Å². The van der Waals surface area contributed by atoms with E-state index >= 15 is 0 Å². The van der Waals surface area contributed by atoms with Crippen molar-refractivity contribution in [3.05, 3.63) is 105 Å². The highest BCUT2D eigenvalue weighted by molar-refractivity contribution is 5.77. The number of nitro groups is 1. The summed E-state index contributed by atoms with van der Waals surface area (Å²) < 4.78 is 19.2. The first-order valence-electron chi connectivity index (χ1n) is 8.97. The zero-order valence-corrected chi connectivity index (χ0v) is 15.5. The Morgan fingerprint density at radius 2 is 1.72 bits per heavy atom. The van der Waals surface area contributed by atoms with Gasteiger partial charge < -0.3 is 10.1 Å². The van der Waals surface area contributed by atoms with Gasteiger partial charge in [-0.3, -0.25) is 14.9 Å². The summed E-state index contributed by atoms with van der Waals surface area (Å²) in [7, 11) is 0. The molecule has 0 aliphatic rings. The molecule has 0 aliphatic heterocycles. The molecular formula is C22H19FN2O4. The van der Waals surface area contributed by atoms with Crippen molar-refractivity contribution >= 4 is 11.6 Å². The van der Waals surface area contributed by atoms with Crippen LogP contribution in [0.25, 0.3) is 0 Å². The monoisotopic (exact) mass is 394 g/mol. The molecule has 3 aromatic carbocycles. The summed E-state index contributed by atoms with van der Waals surface area (Å²) in [6, 6.07) is 19.9. The summed E-state index contributed by atoms with van der Waals surface area (Å²) >= 11 is 0. The van der Waals surface area contributed by atoms with Crippen molar-refractivity contribution < 1.29 is 18.8 Å². The van der Waals surface area contributed by atoms with Crippen LogP contribution in [0.3, 0.4) is 0 Å². The standard InChI is InChI=1S/C22H19FN2O4/c23-20-9-5-4-8-17(20)14-24-22(26)15-29-21-11-10-19(25(27)28)13-18(21)12-16-6-2-1-3-7-16/h1-11,13H,12,14-15H2,(H,24,26). The van der Waals surface area contributed by atoms with Gasteiger partial charge in [0.2, 0.25) is 0 Å². The van der Waals surface area contributed by atoms with Gasteiger partial charge in [0.15, 0.2) is 6.61 Å². The maximum atomic E-state index is 13.6. The van der Waals surface area contributed by atoms with E-state index < -0.39 is 16.6 Å². The van der Waals surface area contributed by atoms with Gasteiger partial charge in [-0.1, -0.05) is 48.5 Å². The van der Waals surface area contributed by atoms with Crippen LogP contribution in [0.4, 0.5) is 10.1 Å². The van der Waals surface area contributed by atoms with E-state index in [-0.39, 0.29) is 18.8 Å². The lowest BCUT2D eigenvalue weighted by molar-refractivity contribution is -0.384. The fourth-order valence-electron chi connectivity index (χ4n) is 2.80. The third-order valence-corrected chi connectivity index (χ3v) is 4.28. The second kappa shape index (κ2) is 9.45. The van der Waals surface area contributed by atoms with Gasteiger partial charge in [0, 0.05) is 36.2 Å². The van der Waals surface area contributed by atoms with E-state index in [9.17, 15) is 19.3 Å². The first-order valence-corrected chi connectivity index (χ1v) is 8.97. The molecule has 6 nitrogen and oxygen atoms in total. The minimum Gasteiger partial charge on any atom is -0.483 e. The van der Waals surface area contributed by atoms with E-state index in [1.54, 1.807) is 18.2 Å². The quantitative estimate of drug-likeness (QED) is 0.462. The Kier molecular flexibility index (Phi) is 6.52. The Hall–Kier alpha value is -3.74. The van der Waals surface area contributed by atoms with E-state index in [0.717, 1.165) is 5.56 Å². The zero-order chi connectivity index (χ0) is 20.6. The molecule has 7 heteroatoms. The Balaban J connectivity index is 1.66. The molecule has 0 unspecified atom stereocenters. The average molecular weight is 394 g/mol. The van der Waals surface area contributed by atoms with Gasteiger partial charge in [0.25, 0.3) is 11.6 Å². The zero-order valence-electron chi connectivity index (χ0n) is 15.5. The number of halogens is 1. The molecule has 1 N–H and O–H groups in total. The van der Waals surface area contributed by atoms with Gasteiger partial charge in [-0.25, -0.2) is 4.39 Å². The highest BCUT2D eigenvalue weighted by Crippen LogP contribution is 2.26. The lowest BCUT2D eigenvalue weighted by Gasteiger charge is -2.12. The Morgan fingerprint density at radius 3 is 2.45 bits per heavy atom. The summed E-state index contributed by atoms with van der Waals surface area (Å²) in [4.78, 5) is 22.7. The van der Waals surface area contributed by atoms with Crippen LogP contribution in [-0.4, -0.2) is 17.4 Å². The maximum absolute atomic E-state index is 13.6. The molecular weight excluding hydrogens is 375 g/mol. The van der Waals surface area contributed by atoms with Crippen LogP contribution >= 0.6 is 0 Å². The highest BCUT2D eigenvalue weighted by atomic mass is 19.1. The summed E-state index contributed by atoms with van der Waals surface area (Å²) in [6.07, 6.45) is 0.425. The third kappa shape index (κ3) is 5.62. The van der Waals surface area contributed by atoms with E-state index in [4.69, 9.17) is 4.74 Å². The van der Waals surface area contributed by atoms with Crippen molar-refractivity contribution in [2.45, 2.75) is 13.0 Å². The summed E-state index contributed by atoms with van der Waals surface area (Å²) in [5, 5.41) is 13.7. The molecule has 0 bridgehead atoms. The van der Waals surface area contributed by atoms with Gasteiger partial charge in [-0.15, -0.1) is 0 Å². The molecule has 29 heavy (non-hydrogen) atoms. The topological polar surface area (TPSA) is 81.5 Å². The van der Waals surface area contributed by atoms with Gasteiger partial charge >= 0.3 is 0 Å². The first-order chi connectivity index (χ1) is 14.0. The van der Waals surface area contributed by atoms with Crippen LogP contribution in [0.1, 0.15) is 16.7 Å². The maximum Gasteiger partial charge on any atom is 0.269 e. The fourth-order valence-corrected chi connectivity index (χ4v) is 2.80. The number of hydrogen-bond acceptors (Lipinski definition) is 4. The van der Waals surface area contributed by atoms with Gasteiger partial charge in [-0.2, -0.15) is 0 Å². The molecule has 0 radical (unpaired) electrons. The van der Waals surface area contributed by atoms with E-state index in [2.05, 4.69) is 5.32 Å². The Bertz CT molecular complexity index is 1010. The SMILES string of the molecule is O=C(COc1ccc([N+](=O)[O-])cc1Cc1ccccc1)NCc1ccccc1F. The van der Waals surface area contributed by atoms with E-state index in [1.165, 1.54) is 24.3 Å². The van der Waals surface area contributed by atoms with Crippen LogP contribution in [0.15, 0.2) is 72.8 Å². The second-order valence-corrected chi connectivity index (χ2v) is 6.37. The molecule has 0 saturated heterocycles. The number of rotatable bonds is 8. The first kappa shape index (κ1) is 20.0. The molecule has 1 amide bonds. The van der Waals surface area contributed by atoms with Gasteiger partial charge in [0.05, 0.1) is 4.92 Å². The number of nitrogens with zero attached hydrogens (tertiary/aromatic N) is 1. The third-order valence-electron chi connectivity index (χ3n) is 4.28. The van der Waals surface area contributed by atoms with Crippen LogP contribution in [0.5, 0.6) is 5.75 Å². The lowest BCUT2D eigenvalue weighted by Crippen LogP contribution is -2.28. The summed E-state index contributed by atoms with van der Waals surface area (Å²) in [5.74, 6) is -0.424. The molecule has 0 spiro atoms. The number of carbonyl (C=O) groups is 1. The number of non-ortho nitro benzene ring substituents is 1. The smallest absolute Gasteiger partial charge is 0.269 e. The molecule has 0 saturated carbocycles. The summed E-state index contributed by atoms with van der Waals surface area (Å²) in [5.41, 5.74) is 1.89. The van der Waals surface area contributed by atoms with Crippen LogP contribution < -0.4 is 10.1 Å². The van der Waals surface area contributed by atoms with Crippen molar-refractivity contribution in [2.24, 2.45) is 0 Å². The Labute approximate surface area is 167 Å². The molecule has 148 valence electrons. The number of amides is 1. The molecule has 3 aromatic rings. The number of nitrogens with one attached hydrogen (secondary N) is 1. The second-order valence-electron chi connectivity index (χ2n) is 6.37. The van der Waals surface area contributed by atoms with Crippen LogP contribution in [0, 0.1) is 15.9 Å². The van der Waals surface area contributed by atoms with Crippen molar-refractivity contribution in [1.82, 2.24) is 5.32 Å². The molecule has 0 aromatic heterocycles. The highest BCUT2D eigenvalue weighted by Gasteiger charge is 2.14. The minimum atomic E-state index is -0.473. The number of ether oxygens (including phenoxy) is 1. The minimum absolute atomic E-state index is 0.0476. The number of hydrogen-bond donors (Lipinski definition) is 1. The molecule has 0 aliphatic carbocycles. The van der Waals surface area contributed by atoms with Crippen molar-refractivity contribution in [3.8, 4) is 5.75 Å². The van der Waals surface area contributed by atoms with Crippen molar-refractivity contribution in [1.29, 1.82) is 0 Å².